The Morgan fingerprint density at radius 1 is 1.05 bits per heavy atom. The Labute approximate surface area is 245 Å². The first-order valence-electron chi connectivity index (χ1n) is 14.2. The summed E-state index contributed by atoms with van der Waals surface area (Å²) < 4.78 is 14.4. The molecule has 41 heavy (non-hydrogen) atoms. The molecule has 2 aliphatic rings. The molecule has 1 amide bonds. The van der Waals surface area contributed by atoms with Gasteiger partial charge in [-0.1, -0.05) is 41.9 Å². The molecule has 6 rings (SSSR count). The van der Waals surface area contributed by atoms with E-state index in [-0.39, 0.29) is 11.5 Å². The van der Waals surface area contributed by atoms with E-state index in [1.165, 1.54) is 6.33 Å². The number of aromatic nitrogens is 4. The Bertz CT molecular complexity index is 1530. The SMILES string of the molecule is CC(=O)N1CCN(CCCOc2ccc(-c3nc4c(OC5(C)CC5)ncnc4n3Cc3ccccc3)c(Cl)c2)CC1. The highest BCUT2D eigenvalue weighted by atomic mass is 35.5. The van der Waals surface area contributed by atoms with Crippen LogP contribution >= 0.6 is 11.6 Å². The van der Waals surface area contributed by atoms with E-state index in [4.69, 9.17) is 26.1 Å². The summed E-state index contributed by atoms with van der Waals surface area (Å²) in [6.07, 6.45) is 4.44. The topological polar surface area (TPSA) is 85.6 Å². The van der Waals surface area contributed by atoms with Crippen molar-refractivity contribution in [3.63, 3.8) is 0 Å². The van der Waals surface area contributed by atoms with Crippen LogP contribution in [0, 0.1) is 0 Å². The predicted octanol–water partition coefficient (Wildman–Crippen LogP) is 5.06. The number of nitrogens with zero attached hydrogens (tertiary/aromatic N) is 6. The summed E-state index contributed by atoms with van der Waals surface area (Å²) in [5, 5.41) is 0.553. The number of piperazine rings is 1. The van der Waals surface area contributed by atoms with Crippen molar-refractivity contribution in [3.8, 4) is 23.0 Å². The number of fused-ring (bicyclic) bond motifs is 1. The van der Waals surface area contributed by atoms with E-state index in [9.17, 15) is 4.79 Å². The Hall–Kier alpha value is -3.69. The van der Waals surface area contributed by atoms with Crippen LogP contribution in [0.25, 0.3) is 22.6 Å². The molecule has 1 saturated heterocycles. The maximum Gasteiger partial charge on any atom is 0.245 e. The summed E-state index contributed by atoms with van der Waals surface area (Å²) in [5.74, 6) is 2.08. The third kappa shape index (κ3) is 6.31. The molecule has 1 saturated carbocycles. The van der Waals surface area contributed by atoms with Gasteiger partial charge in [-0.2, -0.15) is 4.98 Å². The molecule has 0 radical (unpaired) electrons. The Morgan fingerprint density at radius 3 is 2.54 bits per heavy atom. The minimum Gasteiger partial charge on any atom is -0.493 e. The average Bonchev–Trinajstić information content (AvgIpc) is 3.59. The molecule has 214 valence electrons. The molecule has 2 aromatic carbocycles. The zero-order chi connectivity index (χ0) is 28.4. The first-order chi connectivity index (χ1) is 19.9. The van der Waals surface area contributed by atoms with E-state index in [0.717, 1.165) is 68.9 Å². The summed E-state index contributed by atoms with van der Waals surface area (Å²) >= 11 is 6.86. The normalized spacial score (nSPS) is 16.6. The van der Waals surface area contributed by atoms with Gasteiger partial charge in [0.05, 0.1) is 18.2 Å². The number of hydrogen-bond donors (Lipinski definition) is 0. The third-order valence-electron chi connectivity index (χ3n) is 7.87. The first-order valence-corrected chi connectivity index (χ1v) is 14.6. The molecule has 4 aromatic rings. The fraction of sp³-hybridized carbons (Fsp3) is 0.419. The van der Waals surface area contributed by atoms with Gasteiger partial charge in [-0.15, -0.1) is 0 Å². The fourth-order valence-electron chi connectivity index (χ4n) is 5.15. The second-order valence-corrected chi connectivity index (χ2v) is 11.5. The number of hydrogen-bond acceptors (Lipinski definition) is 7. The molecule has 0 spiro atoms. The standard InChI is InChI=1S/C31H35ClN6O3/c1-22(39)37-16-14-36(15-17-37)13-6-18-40-24-9-10-25(26(32)19-24)28-35-27-29(38(28)20-23-7-4-3-5-8-23)33-21-34-30(27)41-31(2)11-12-31/h3-5,7-10,19,21H,6,11-18,20H2,1-2H3. The minimum atomic E-state index is -0.190. The molecule has 0 atom stereocenters. The third-order valence-corrected chi connectivity index (χ3v) is 8.18. The van der Waals surface area contributed by atoms with Gasteiger partial charge < -0.3 is 18.9 Å². The number of ether oxygens (including phenoxy) is 2. The number of imidazole rings is 1. The zero-order valence-corrected chi connectivity index (χ0v) is 24.3. The fourth-order valence-corrected chi connectivity index (χ4v) is 5.41. The van der Waals surface area contributed by atoms with Gasteiger partial charge in [0.25, 0.3) is 0 Å². The van der Waals surface area contributed by atoms with Gasteiger partial charge in [-0.3, -0.25) is 9.69 Å². The number of rotatable bonds is 10. The number of benzene rings is 2. The molecule has 9 nitrogen and oxygen atoms in total. The molecule has 0 bridgehead atoms. The monoisotopic (exact) mass is 574 g/mol. The lowest BCUT2D eigenvalue weighted by Gasteiger charge is -2.34. The van der Waals surface area contributed by atoms with Gasteiger partial charge in [0.1, 0.15) is 23.5 Å². The molecule has 2 aromatic heterocycles. The highest BCUT2D eigenvalue weighted by molar-refractivity contribution is 6.33. The summed E-state index contributed by atoms with van der Waals surface area (Å²) in [4.78, 5) is 29.8. The maximum atomic E-state index is 11.5. The van der Waals surface area contributed by atoms with Crippen LogP contribution in [0.2, 0.25) is 5.02 Å². The van der Waals surface area contributed by atoms with Gasteiger partial charge in [0.2, 0.25) is 11.8 Å². The van der Waals surface area contributed by atoms with Crippen LogP contribution in [0.1, 0.15) is 38.7 Å². The lowest BCUT2D eigenvalue weighted by molar-refractivity contribution is -0.130. The van der Waals surface area contributed by atoms with E-state index in [0.29, 0.717) is 41.0 Å². The average molecular weight is 575 g/mol. The van der Waals surface area contributed by atoms with Gasteiger partial charge in [0.15, 0.2) is 11.2 Å². The van der Waals surface area contributed by atoms with Crippen molar-refractivity contribution in [2.45, 2.75) is 45.3 Å². The van der Waals surface area contributed by atoms with Crippen molar-refractivity contribution in [2.75, 3.05) is 39.3 Å². The van der Waals surface area contributed by atoms with Gasteiger partial charge >= 0.3 is 0 Å². The van der Waals surface area contributed by atoms with E-state index < -0.39 is 0 Å². The first kappa shape index (κ1) is 27.5. The van der Waals surface area contributed by atoms with E-state index >= 15 is 0 Å². The molecule has 0 unspecified atom stereocenters. The lowest BCUT2D eigenvalue weighted by Crippen LogP contribution is -2.48. The smallest absolute Gasteiger partial charge is 0.245 e. The van der Waals surface area contributed by atoms with Crippen molar-refractivity contribution in [1.29, 1.82) is 0 Å². The molecule has 0 N–H and O–H groups in total. The number of amides is 1. The van der Waals surface area contributed by atoms with Crippen LogP contribution in [0.3, 0.4) is 0 Å². The van der Waals surface area contributed by atoms with E-state index in [1.54, 1.807) is 6.92 Å². The maximum absolute atomic E-state index is 11.5. The van der Waals surface area contributed by atoms with Crippen molar-refractivity contribution in [1.82, 2.24) is 29.3 Å². The number of carbonyl (C=O) groups excluding carboxylic acids is 1. The van der Waals surface area contributed by atoms with Crippen LogP contribution in [-0.4, -0.2) is 80.2 Å². The van der Waals surface area contributed by atoms with Crippen molar-refractivity contribution in [2.24, 2.45) is 0 Å². The van der Waals surface area contributed by atoms with Crippen molar-refractivity contribution >= 4 is 28.7 Å². The second-order valence-electron chi connectivity index (χ2n) is 11.1. The Kier molecular flexibility index (Phi) is 7.81. The molecular weight excluding hydrogens is 540 g/mol. The molecule has 1 aliphatic heterocycles. The molecule has 10 heteroatoms. The molecule has 1 aliphatic carbocycles. The summed E-state index contributed by atoms with van der Waals surface area (Å²) in [7, 11) is 0. The van der Waals surface area contributed by atoms with Crippen LogP contribution in [-0.2, 0) is 11.3 Å². The minimum absolute atomic E-state index is 0.151. The second kappa shape index (κ2) is 11.7. The summed E-state index contributed by atoms with van der Waals surface area (Å²) in [6, 6.07) is 16.0. The van der Waals surface area contributed by atoms with Gasteiger partial charge in [-0.25, -0.2) is 9.97 Å². The van der Waals surface area contributed by atoms with Crippen LogP contribution in [0.15, 0.2) is 54.9 Å². The van der Waals surface area contributed by atoms with E-state index in [1.807, 2.05) is 41.3 Å². The van der Waals surface area contributed by atoms with Crippen LogP contribution < -0.4 is 9.47 Å². The van der Waals surface area contributed by atoms with Gasteiger partial charge in [-0.05, 0) is 49.9 Å². The zero-order valence-electron chi connectivity index (χ0n) is 23.6. The Balaban J connectivity index is 1.19. The quantitative estimate of drug-likeness (QED) is 0.245. The van der Waals surface area contributed by atoms with Crippen molar-refractivity contribution in [3.05, 3.63) is 65.4 Å². The highest BCUT2D eigenvalue weighted by Gasteiger charge is 2.41. The lowest BCUT2D eigenvalue weighted by atomic mass is 10.2. The largest absolute Gasteiger partial charge is 0.493 e. The molecular formula is C31H35ClN6O3. The predicted molar refractivity (Wildman–Crippen MR) is 158 cm³/mol. The summed E-state index contributed by atoms with van der Waals surface area (Å²) in [5.41, 5.74) is 3.07. The number of carbonyl (C=O) groups is 1. The summed E-state index contributed by atoms with van der Waals surface area (Å²) in [6.45, 7) is 9.22. The number of halogens is 1. The molecule has 3 heterocycles. The van der Waals surface area contributed by atoms with E-state index in [2.05, 4.69) is 38.5 Å². The molecule has 2 fully saturated rings. The Morgan fingerprint density at radius 2 is 1.83 bits per heavy atom. The van der Waals surface area contributed by atoms with Crippen LogP contribution in [0.4, 0.5) is 0 Å². The van der Waals surface area contributed by atoms with Gasteiger partial charge in [0, 0.05) is 45.2 Å². The van der Waals surface area contributed by atoms with Crippen LogP contribution in [0.5, 0.6) is 11.6 Å². The highest BCUT2D eigenvalue weighted by Crippen LogP contribution is 2.41. The van der Waals surface area contributed by atoms with Crippen molar-refractivity contribution < 1.29 is 14.3 Å².